The molecule has 1 N–H and O–H groups in total. The summed E-state index contributed by atoms with van der Waals surface area (Å²) in [6.45, 7) is 0.204. The Balaban J connectivity index is 1.42. The van der Waals surface area contributed by atoms with E-state index in [9.17, 15) is 14.7 Å². The van der Waals surface area contributed by atoms with Crippen LogP contribution < -0.4 is 4.90 Å². The number of nitrogens with zero attached hydrogens (tertiary/aromatic N) is 1. The average molecular weight is 527 g/mol. The first-order valence-corrected chi connectivity index (χ1v) is 11.9. The van der Waals surface area contributed by atoms with Gasteiger partial charge in [0.2, 0.25) is 5.78 Å². The van der Waals surface area contributed by atoms with Gasteiger partial charge in [-0.2, -0.15) is 0 Å². The van der Waals surface area contributed by atoms with Crippen LogP contribution in [0.1, 0.15) is 28.1 Å². The van der Waals surface area contributed by atoms with Gasteiger partial charge >= 0.3 is 0 Å². The maximum Gasteiger partial charge on any atom is 0.264 e. The minimum atomic E-state index is -2.03. The van der Waals surface area contributed by atoms with Crippen molar-refractivity contribution in [3.63, 3.8) is 0 Å². The maximum atomic E-state index is 13.5. The van der Waals surface area contributed by atoms with E-state index in [0.717, 1.165) is 5.56 Å². The number of para-hydroxylation sites is 1. The number of carbonyl (C=O) groups excluding carboxylic acids is 2. The third kappa shape index (κ3) is 4.37. The van der Waals surface area contributed by atoms with Crippen molar-refractivity contribution in [1.82, 2.24) is 0 Å². The van der Waals surface area contributed by atoms with Gasteiger partial charge in [0.25, 0.3) is 5.91 Å². The number of amides is 1. The van der Waals surface area contributed by atoms with E-state index in [1.165, 1.54) is 11.0 Å². The van der Waals surface area contributed by atoms with Crippen LogP contribution in [0.2, 0.25) is 15.1 Å². The largest absolute Gasteiger partial charge is 0.453 e. The van der Waals surface area contributed by atoms with E-state index in [1.54, 1.807) is 66.7 Å². The van der Waals surface area contributed by atoms with Gasteiger partial charge in [-0.05, 0) is 54.1 Å². The minimum Gasteiger partial charge on any atom is -0.453 e. The molecule has 1 atom stereocenters. The fraction of sp³-hybridized carbons (Fsp3) is 0.111. The average Bonchev–Trinajstić information content (AvgIpc) is 3.41. The Morgan fingerprint density at radius 3 is 2.49 bits per heavy atom. The third-order valence-electron chi connectivity index (χ3n) is 5.97. The van der Waals surface area contributed by atoms with Crippen molar-refractivity contribution in [2.24, 2.45) is 0 Å². The number of halogens is 3. The number of Topliss-reactive ketones (excluding diaryl/α,β-unsaturated/α-hetero) is 1. The Kier molecular flexibility index (Phi) is 6.20. The summed E-state index contributed by atoms with van der Waals surface area (Å²) in [5.74, 6) is -0.646. The van der Waals surface area contributed by atoms with Crippen molar-refractivity contribution in [2.45, 2.75) is 18.6 Å². The summed E-state index contributed by atoms with van der Waals surface area (Å²) in [6.07, 6.45) is -0.469. The van der Waals surface area contributed by atoms with Crippen molar-refractivity contribution in [1.29, 1.82) is 0 Å². The van der Waals surface area contributed by atoms with Crippen LogP contribution in [0.3, 0.4) is 0 Å². The van der Waals surface area contributed by atoms with Gasteiger partial charge in [0, 0.05) is 16.1 Å². The van der Waals surface area contributed by atoms with Crippen LogP contribution in [0.5, 0.6) is 0 Å². The molecule has 0 saturated carbocycles. The summed E-state index contributed by atoms with van der Waals surface area (Å²) in [7, 11) is 0. The van der Waals surface area contributed by atoms with Crippen molar-refractivity contribution >= 4 is 52.2 Å². The third-order valence-corrected chi connectivity index (χ3v) is 6.94. The lowest BCUT2D eigenvalue weighted by Crippen LogP contribution is -2.41. The molecular formula is C27H18Cl3NO4. The monoisotopic (exact) mass is 525 g/mol. The minimum absolute atomic E-state index is 0.0260. The lowest BCUT2D eigenvalue weighted by atomic mass is 9.89. The zero-order valence-corrected chi connectivity index (χ0v) is 20.4. The number of hydrogen-bond donors (Lipinski definition) is 1. The van der Waals surface area contributed by atoms with Crippen molar-refractivity contribution in [3.8, 4) is 11.3 Å². The molecule has 1 aliphatic heterocycles. The summed E-state index contributed by atoms with van der Waals surface area (Å²) in [6, 6.07) is 22.2. The lowest BCUT2D eigenvalue weighted by Gasteiger charge is -2.22. The number of fused-ring (bicyclic) bond motifs is 1. The smallest absolute Gasteiger partial charge is 0.264 e. The molecule has 5 rings (SSSR count). The van der Waals surface area contributed by atoms with Crippen LogP contribution in [0.15, 0.2) is 83.3 Å². The number of rotatable bonds is 6. The number of aliphatic hydroxyl groups is 1. The SMILES string of the molecule is O=C(CC1(O)C(=O)N(Cc2cccc(Cl)c2)c2ccccc21)c1ccc(-c2ccc(Cl)c(Cl)c2)o1. The van der Waals surface area contributed by atoms with E-state index in [1.807, 2.05) is 6.07 Å². The highest BCUT2D eigenvalue weighted by atomic mass is 35.5. The molecule has 0 spiro atoms. The van der Waals surface area contributed by atoms with Crippen molar-refractivity contribution in [2.75, 3.05) is 4.90 Å². The van der Waals surface area contributed by atoms with Gasteiger partial charge in [0.1, 0.15) is 5.76 Å². The molecule has 1 unspecified atom stereocenters. The van der Waals surface area contributed by atoms with E-state index in [2.05, 4.69) is 0 Å². The van der Waals surface area contributed by atoms with Crippen LogP contribution in [0.4, 0.5) is 5.69 Å². The number of furan rings is 1. The van der Waals surface area contributed by atoms with Crippen LogP contribution in [-0.2, 0) is 16.9 Å². The molecular weight excluding hydrogens is 509 g/mol. The molecule has 2 heterocycles. The maximum absolute atomic E-state index is 13.5. The Labute approximate surface area is 216 Å². The molecule has 1 aromatic heterocycles. The van der Waals surface area contributed by atoms with E-state index >= 15 is 0 Å². The fourth-order valence-electron chi connectivity index (χ4n) is 4.26. The van der Waals surface area contributed by atoms with Gasteiger partial charge < -0.3 is 14.4 Å². The highest BCUT2D eigenvalue weighted by Gasteiger charge is 2.51. The second kappa shape index (κ2) is 9.17. The van der Waals surface area contributed by atoms with Gasteiger partial charge in [-0.15, -0.1) is 0 Å². The summed E-state index contributed by atoms with van der Waals surface area (Å²) < 4.78 is 5.74. The zero-order valence-electron chi connectivity index (χ0n) is 18.2. The van der Waals surface area contributed by atoms with E-state index in [0.29, 0.717) is 37.6 Å². The van der Waals surface area contributed by atoms with Crippen LogP contribution >= 0.6 is 34.8 Å². The lowest BCUT2D eigenvalue weighted by molar-refractivity contribution is -0.136. The number of carbonyl (C=O) groups is 2. The summed E-state index contributed by atoms with van der Waals surface area (Å²) in [4.78, 5) is 28.1. The zero-order chi connectivity index (χ0) is 24.7. The van der Waals surface area contributed by atoms with Crippen molar-refractivity contribution < 1.29 is 19.1 Å². The molecule has 4 aromatic rings. The van der Waals surface area contributed by atoms with Gasteiger partial charge in [-0.3, -0.25) is 9.59 Å². The van der Waals surface area contributed by atoms with Gasteiger partial charge in [-0.1, -0.05) is 65.1 Å². The molecule has 0 fully saturated rings. The molecule has 1 amide bonds. The Hall–Kier alpha value is -3.09. The first-order valence-electron chi connectivity index (χ1n) is 10.7. The Morgan fingerprint density at radius 2 is 1.71 bits per heavy atom. The summed E-state index contributed by atoms with van der Waals surface area (Å²) in [5, 5.41) is 12.8. The molecule has 5 nitrogen and oxygen atoms in total. The molecule has 1 aliphatic rings. The molecule has 8 heteroatoms. The second-order valence-electron chi connectivity index (χ2n) is 8.29. The number of benzene rings is 3. The molecule has 35 heavy (non-hydrogen) atoms. The van der Waals surface area contributed by atoms with Gasteiger partial charge in [-0.25, -0.2) is 0 Å². The Morgan fingerprint density at radius 1 is 0.914 bits per heavy atom. The second-order valence-corrected chi connectivity index (χ2v) is 9.54. The summed E-state index contributed by atoms with van der Waals surface area (Å²) >= 11 is 18.2. The predicted octanol–water partition coefficient (Wildman–Crippen LogP) is 6.91. The predicted molar refractivity (Wildman–Crippen MR) is 136 cm³/mol. The van der Waals surface area contributed by atoms with Gasteiger partial charge in [0.05, 0.1) is 28.7 Å². The number of anilines is 1. The topological polar surface area (TPSA) is 70.8 Å². The van der Waals surface area contributed by atoms with Crippen LogP contribution in [-0.4, -0.2) is 16.8 Å². The van der Waals surface area contributed by atoms with Crippen LogP contribution in [0, 0.1) is 0 Å². The summed E-state index contributed by atoms with van der Waals surface area (Å²) in [5.41, 5.74) is 0.337. The highest BCUT2D eigenvalue weighted by molar-refractivity contribution is 6.42. The molecule has 0 saturated heterocycles. The highest BCUT2D eigenvalue weighted by Crippen LogP contribution is 2.44. The molecule has 0 radical (unpaired) electrons. The van der Waals surface area contributed by atoms with Crippen LogP contribution in [0.25, 0.3) is 11.3 Å². The van der Waals surface area contributed by atoms with E-state index < -0.39 is 23.7 Å². The molecule has 3 aromatic carbocycles. The van der Waals surface area contributed by atoms with E-state index in [4.69, 9.17) is 39.2 Å². The molecule has 176 valence electrons. The molecule has 0 aliphatic carbocycles. The standard InChI is InChI=1S/C27H18Cl3NO4/c28-18-5-3-4-16(12-18)15-31-22-7-2-1-6-19(22)27(34,26(31)33)14-23(32)25-11-10-24(35-25)17-8-9-20(29)21(30)13-17/h1-13,34H,14-15H2. The fourth-order valence-corrected chi connectivity index (χ4v) is 4.78. The number of ketones is 1. The first-order chi connectivity index (χ1) is 16.8. The quantitative estimate of drug-likeness (QED) is 0.277. The normalized spacial score (nSPS) is 17.0. The van der Waals surface area contributed by atoms with Gasteiger partial charge in [0.15, 0.2) is 11.4 Å². The Bertz CT molecular complexity index is 1460. The molecule has 0 bridgehead atoms. The first kappa shape index (κ1) is 23.6. The van der Waals surface area contributed by atoms with E-state index in [-0.39, 0.29) is 12.3 Å². The number of hydrogen-bond acceptors (Lipinski definition) is 4. The van der Waals surface area contributed by atoms with Crippen molar-refractivity contribution in [3.05, 3.63) is 111 Å².